The molecule has 0 saturated heterocycles. The molecule has 1 aromatic carbocycles. The van der Waals surface area contributed by atoms with Crippen molar-refractivity contribution in [3.05, 3.63) is 48.2 Å². The molecule has 0 spiro atoms. The second kappa shape index (κ2) is 5.96. The zero-order valence-corrected chi connectivity index (χ0v) is 13.0. The molecule has 4 nitrogen and oxygen atoms in total. The van der Waals surface area contributed by atoms with Crippen LogP contribution in [-0.4, -0.2) is 23.8 Å². The zero-order chi connectivity index (χ0) is 15.5. The standard InChI is InChI=1S/C16H22BN2O2/c1-15(2,20)16(3,4)21-17-13-8-5-7-12(11-13)14-9-6-10-18-19-14/h5-11,18-20H,1-4H3. The monoisotopic (exact) mass is 285 g/mol. The van der Waals surface area contributed by atoms with Crippen LogP contribution in [-0.2, 0) is 4.65 Å². The highest BCUT2D eigenvalue weighted by Crippen LogP contribution is 2.24. The molecular formula is C16H22BN2O2. The van der Waals surface area contributed by atoms with Gasteiger partial charge in [0.1, 0.15) is 0 Å². The number of aliphatic hydroxyl groups is 1. The summed E-state index contributed by atoms with van der Waals surface area (Å²) in [5, 5.41) is 10.1. The van der Waals surface area contributed by atoms with Gasteiger partial charge < -0.3 is 20.6 Å². The van der Waals surface area contributed by atoms with Gasteiger partial charge in [-0.25, -0.2) is 0 Å². The molecule has 0 fully saturated rings. The SMILES string of the molecule is CC(C)(O)C(C)(C)O[B]c1cccc(C2=CC=CNN2)c1. The van der Waals surface area contributed by atoms with E-state index in [4.69, 9.17) is 4.65 Å². The first-order chi connectivity index (χ1) is 9.79. The number of allylic oxidation sites excluding steroid dienone is 2. The third-order valence-electron chi connectivity index (χ3n) is 3.81. The van der Waals surface area contributed by atoms with Crippen molar-refractivity contribution in [3.8, 4) is 0 Å². The lowest BCUT2D eigenvalue weighted by atomic mass is 9.82. The van der Waals surface area contributed by atoms with E-state index in [-0.39, 0.29) is 0 Å². The molecule has 0 atom stereocenters. The minimum Gasteiger partial charge on any atom is -0.427 e. The maximum Gasteiger partial charge on any atom is 0.330 e. The van der Waals surface area contributed by atoms with E-state index in [1.54, 1.807) is 21.3 Å². The molecule has 5 heteroatoms. The lowest BCUT2D eigenvalue weighted by molar-refractivity contribution is -0.0893. The minimum absolute atomic E-state index is 0.671. The molecule has 0 aliphatic carbocycles. The third kappa shape index (κ3) is 3.89. The lowest BCUT2D eigenvalue weighted by Gasteiger charge is -2.37. The van der Waals surface area contributed by atoms with Crippen LogP contribution in [0.2, 0.25) is 0 Å². The molecule has 1 radical (unpaired) electrons. The van der Waals surface area contributed by atoms with Crippen LogP contribution in [0.1, 0.15) is 33.3 Å². The fraction of sp³-hybridized carbons (Fsp3) is 0.375. The number of hydrazine groups is 1. The number of hydrogen-bond acceptors (Lipinski definition) is 4. The fourth-order valence-corrected chi connectivity index (χ4v) is 1.66. The summed E-state index contributed by atoms with van der Waals surface area (Å²) in [4.78, 5) is 0. The van der Waals surface area contributed by atoms with Crippen LogP contribution < -0.4 is 16.3 Å². The van der Waals surface area contributed by atoms with Crippen molar-refractivity contribution in [2.45, 2.75) is 38.9 Å². The maximum absolute atomic E-state index is 10.1. The van der Waals surface area contributed by atoms with Crippen LogP contribution in [0, 0.1) is 0 Å². The smallest absolute Gasteiger partial charge is 0.330 e. The topological polar surface area (TPSA) is 53.5 Å². The van der Waals surface area contributed by atoms with Gasteiger partial charge in [-0.2, -0.15) is 0 Å². The quantitative estimate of drug-likeness (QED) is 0.717. The predicted molar refractivity (Wildman–Crippen MR) is 86.7 cm³/mol. The summed E-state index contributed by atoms with van der Waals surface area (Å²) in [5.74, 6) is 0. The third-order valence-corrected chi connectivity index (χ3v) is 3.81. The van der Waals surface area contributed by atoms with Gasteiger partial charge in [0, 0.05) is 6.20 Å². The normalized spacial score (nSPS) is 15.0. The van der Waals surface area contributed by atoms with Gasteiger partial charge in [0.05, 0.1) is 16.9 Å². The van der Waals surface area contributed by atoms with E-state index in [0.29, 0.717) is 0 Å². The summed E-state index contributed by atoms with van der Waals surface area (Å²) in [5.41, 5.74) is 7.45. The highest BCUT2D eigenvalue weighted by molar-refractivity contribution is 6.47. The highest BCUT2D eigenvalue weighted by atomic mass is 16.5. The summed E-state index contributed by atoms with van der Waals surface area (Å²) in [6.45, 7) is 7.22. The zero-order valence-electron chi connectivity index (χ0n) is 13.0. The second-order valence-corrected chi connectivity index (χ2v) is 6.14. The van der Waals surface area contributed by atoms with Crippen LogP contribution in [0.4, 0.5) is 0 Å². The van der Waals surface area contributed by atoms with Gasteiger partial charge in [0.15, 0.2) is 0 Å². The van der Waals surface area contributed by atoms with E-state index in [2.05, 4.69) is 10.9 Å². The molecule has 21 heavy (non-hydrogen) atoms. The first kappa shape index (κ1) is 15.7. The molecule has 1 heterocycles. The van der Waals surface area contributed by atoms with Gasteiger partial charge in [0.25, 0.3) is 0 Å². The average molecular weight is 285 g/mol. The molecule has 0 amide bonds. The van der Waals surface area contributed by atoms with Crippen molar-refractivity contribution in [2.24, 2.45) is 0 Å². The molecule has 1 aliphatic rings. The Morgan fingerprint density at radius 2 is 1.95 bits per heavy atom. The minimum atomic E-state index is -0.927. The van der Waals surface area contributed by atoms with Crippen molar-refractivity contribution in [1.29, 1.82) is 0 Å². The molecule has 1 aromatic rings. The Balaban J connectivity index is 2.08. The maximum atomic E-state index is 10.1. The van der Waals surface area contributed by atoms with Crippen LogP contribution in [0.15, 0.2) is 42.6 Å². The van der Waals surface area contributed by atoms with E-state index in [9.17, 15) is 5.11 Å². The van der Waals surface area contributed by atoms with Gasteiger partial charge in [-0.05, 0) is 45.4 Å². The Bertz CT molecular complexity index is 560. The summed E-state index contributed by atoms with van der Waals surface area (Å²) in [7, 11) is 1.69. The first-order valence-electron chi connectivity index (χ1n) is 7.02. The Morgan fingerprint density at radius 3 is 2.57 bits per heavy atom. The van der Waals surface area contributed by atoms with Crippen LogP contribution in [0.25, 0.3) is 5.70 Å². The molecular weight excluding hydrogens is 263 g/mol. The first-order valence-corrected chi connectivity index (χ1v) is 7.02. The molecule has 0 saturated carbocycles. The largest absolute Gasteiger partial charge is 0.427 e. The summed E-state index contributed by atoms with van der Waals surface area (Å²) >= 11 is 0. The number of nitrogens with one attached hydrogen (secondary N) is 2. The van der Waals surface area contributed by atoms with Gasteiger partial charge in [-0.3, -0.25) is 0 Å². The molecule has 1 aliphatic heterocycles. The van der Waals surface area contributed by atoms with Gasteiger partial charge >= 0.3 is 7.48 Å². The van der Waals surface area contributed by atoms with Crippen LogP contribution >= 0.6 is 0 Å². The van der Waals surface area contributed by atoms with Crippen LogP contribution in [0.5, 0.6) is 0 Å². The molecule has 2 rings (SSSR count). The van der Waals surface area contributed by atoms with Crippen LogP contribution in [0.3, 0.4) is 0 Å². The van der Waals surface area contributed by atoms with Gasteiger partial charge in [-0.1, -0.05) is 29.7 Å². The highest BCUT2D eigenvalue weighted by Gasteiger charge is 2.35. The van der Waals surface area contributed by atoms with Crippen molar-refractivity contribution >= 4 is 18.6 Å². The fourth-order valence-electron chi connectivity index (χ4n) is 1.66. The van der Waals surface area contributed by atoms with Crippen molar-refractivity contribution < 1.29 is 9.76 Å². The molecule has 3 N–H and O–H groups in total. The lowest BCUT2D eigenvalue weighted by Crippen LogP contribution is -2.49. The van der Waals surface area contributed by atoms with E-state index >= 15 is 0 Å². The van der Waals surface area contributed by atoms with E-state index in [1.807, 2.05) is 56.5 Å². The summed E-state index contributed by atoms with van der Waals surface area (Å²) in [6, 6.07) is 8.00. The Hall–Kier alpha value is -1.72. The molecule has 0 unspecified atom stereocenters. The van der Waals surface area contributed by atoms with E-state index in [0.717, 1.165) is 16.7 Å². The number of benzene rings is 1. The Morgan fingerprint density at radius 1 is 1.19 bits per heavy atom. The van der Waals surface area contributed by atoms with Crippen molar-refractivity contribution in [1.82, 2.24) is 10.9 Å². The van der Waals surface area contributed by atoms with Crippen molar-refractivity contribution in [2.75, 3.05) is 0 Å². The number of hydrogen-bond donors (Lipinski definition) is 3. The summed E-state index contributed by atoms with van der Waals surface area (Å²) < 4.78 is 5.78. The molecule has 0 bridgehead atoms. The van der Waals surface area contributed by atoms with Gasteiger partial charge in [0.2, 0.25) is 0 Å². The molecule has 111 valence electrons. The van der Waals surface area contributed by atoms with E-state index < -0.39 is 11.2 Å². The van der Waals surface area contributed by atoms with E-state index in [1.165, 1.54) is 0 Å². The van der Waals surface area contributed by atoms with Crippen molar-refractivity contribution in [3.63, 3.8) is 0 Å². The number of rotatable bonds is 5. The van der Waals surface area contributed by atoms with Gasteiger partial charge in [-0.15, -0.1) is 0 Å². The Labute approximate surface area is 127 Å². The average Bonchev–Trinajstić information content (AvgIpc) is 2.45. The Kier molecular flexibility index (Phi) is 4.44. The molecule has 0 aromatic heterocycles. The second-order valence-electron chi connectivity index (χ2n) is 6.14. The summed E-state index contributed by atoms with van der Waals surface area (Å²) in [6.07, 6.45) is 5.77. The predicted octanol–water partition coefficient (Wildman–Crippen LogP) is 1.46.